The van der Waals surface area contributed by atoms with Crippen LogP contribution >= 0.6 is 58.8 Å². The lowest BCUT2D eigenvalue weighted by molar-refractivity contribution is -0.138. The average molecular weight is 990 g/mol. The van der Waals surface area contributed by atoms with Crippen LogP contribution in [0.25, 0.3) is 0 Å². The first-order valence-corrected chi connectivity index (χ1v) is 22.6. The van der Waals surface area contributed by atoms with E-state index in [-0.39, 0.29) is 107 Å². The molecule has 1 aliphatic heterocycles. The number of likely N-dealkylation sites (N-methyl/N-ethyl adjacent to an activating group) is 2. The van der Waals surface area contributed by atoms with Crippen LogP contribution in [-0.2, 0) is 29.6 Å². The van der Waals surface area contributed by atoms with Gasteiger partial charge in [0.1, 0.15) is 32.8 Å². The number of nitriles is 2. The largest absolute Gasteiger partial charge is 0.456 e. The summed E-state index contributed by atoms with van der Waals surface area (Å²) >= 11 is 24.0. The van der Waals surface area contributed by atoms with Crippen molar-refractivity contribution in [3.63, 3.8) is 0 Å². The van der Waals surface area contributed by atoms with Crippen LogP contribution in [0.15, 0.2) is 82.6 Å². The second kappa shape index (κ2) is 23.5. The number of amides is 2. The zero-order valence-corrected chi connectivity index (χ0v) is 39.2. The van der Waals surface area contributed by atoms with Crippen molar-refractivity contribution in [2.45, 2.75) is 22.6 Å². The third kappa shape index (κ3) is 15.0. The lowest BCUT2D eigenvalue weighted by Gasteiger charge is -2.26. The van der Waals surface area contributed by atoms with Crippen LogP contribution in [0, 0.1) is 22.7 Å². The molecule has 0 bridgehead atoms. The molecule has 4 aromatic carbocycles. The van der Waals surface area contributed by atoms with Crippen molar-refractivity contribution in [1.82, 2.24) is 23.7 Å². The molecule has 0 spiro atoms. The molecule has 1 N–H and O–H groups in total. The number of nitrogens with one attached hydrogen (secondary N) is 1. The first-order valence-electron chi connectivity index (χ1n) is 18.2. The Bertz CT molecular complexity index is 2510. The summed E-state index contributed by atoms with van der Waals surface area (Å²) in [5.41, 5.74) is 0.326. The first kappa shape index (κ1) is 52.1. The Morgan fingerprint density at radius 2 is 1.08 bits per heavy atom. The molecule has 5 rings (SSSR count). The minimum atomic E-state index is -4.21. The number of carbonyl (C=O) groups excluding carboxylic acids is 2. The molecule has 4 aromatic rings. The normalized spacial score (nSPS) is 12.8. The first-order chi connectivity index (χ1) is 28.7. The summed E-state index contributed by atoms with van der Waals surface area (Å²) in [7, 11) is -0.824. The standard InChI is InChI=1S/C23H24Cl2N4O5S.C17H17Cl2N3O3S.ClH/c1-27(2)7-8-28(9-10-29-22(30)5-6-23(29)31)35(32,33)21-11-16(15-26)3-4-20(21)34-19-13-17(24)12-18(25)14-19;1-22(2)6-5-21-26(23,24)17-7-12(11-20)3-4-16(17)25-15-9-13(18)8-14(19)10-15;/h3-4,11-14H,5-10H2,1-2H3;3-4,7-10,21H,5-6H2,1-2H3;1H. The van der Waals surface area contributed by atoms with E-state index in [1.165, 1.54) is 77.1 Å². The number of carbonyl (C=O) groups is 2. The maximum absolute atomic E-state index is 13.8. The number of nitrogens with zero attached hydrogens (tertiary/aromatic N) is 6. The Labute approximate surface area is 387 Å². The molecule has 2 amide bonds. The van der Waals surface area contributed by atoms with E-state index in [2.05, 4.69) is 4.72 Å². The van der Waals surface area contributed by atoms with Gasteiger partial charge in [-0.3, -0.25) is 14.5 Å². The third-order valence-corrected chi connectivity index (χ3v) is 12.8. The van der Waals surface area contributed by atoms with Crippen LogP contribution in [0.2, 0.25) is 20.1 Å². The molecule has 0 atom stereocenters. The number of ether oxygens (including phenoxy) is 2. The molecule has 332 valence electrons. The molecular formula is C40H42Cl5N7O8S2. The summed E-state index contributed by atoms with van der Waals surface area (Å²) in [5.74, 6) is -0.0968. The van der Waals surface area contributed by atoms with Gasteiger partial charge in [0.15, 0.2) is 0 Å². The van der Waals surface area contributed by atoms with Crippen LogP contribution in [0.3, 0.4) is 0 Å². The monoisotopic (exact) mass is 987 g/mol. The number of hydrogen-bond acceptors (Lipinski definition) is 12. The Kier molecular flexibility index (Phi) is 19.7. The zero-order chi connectivity index (χ0) is 45.1. The summed E-state index contributed by atoms with van der Waals surface area (Å²) in [6.07, 6.45) is 0.237. The van der Waals surface area contributed by atoms with Crippen LogP contribution < -0.4 is 14.2 Å². The molecular weight excluding hydrogens is 948 g/mol. The third-order valence-electron chi connectivity index (χ3n) is 8.56. The fraction of sp³-hybridized carbons (Fsp3) is 0.300. The number of sulfonamides is 2. The van der Waals surface area contributed by atoms with Crippen LogP contribution in [-0.4, -0.2) is 115 Å². The van der Waals surface area contributed by atoms with E-state index >= 15 is 0 Å². The molecule has 15 nitrogen and oxygen atoms in total. The van der Waals surface area contributed by atoms with Gasteiger partial charge in [0, 0.05) is 72.2 Å². The van der Waals surface area contributed by atoms with Crippen LogP contribution in [0.5, 0.6) is 23.0 Å². The lowest BCUT2D eigenvalue weighted by atomic mass is 10.2. The van der Waals surface area contributed by atoms with Crippen LogP contribution in [0.4, 0.5) is 0 Å². The number of likely N-dealkylation sites (tertiary alicyclic amines) is 1. The van der Waals surface area contributed by atoms with Gasteiger partial charge in [-0.2, -0.15) is 14.8 Å². The fourth-order valence-electron chi connectivity index (χ4n) is 5.53. The highest BCUT2D eigenvalue weighted by Crippen LogP contribution is 2.35. The highest BCUT2D eigenvalue weighted by atomic mass is 35.5. The maximum Gasteiger partial charge on any atom is 0.246 e. The quantitative estimate of drug-likeness (QED) is 0.104. The molecule has 1 aliphatic rings. The molecule has 1 saturated heterocycles. The topological polar surface area (TPSA) is 193 Å². The highest BCUT2D eigenvalue weighted by Gasteiger charge is 2.33. The Morgan fingerprint density at radius 1 is 0.645 bits per heavy atom. The molecule has 22 heteroatoms. The number of halogens is 5. The Balaban J connectivity index is 0.000000339. The smallest absolute Gasteiger partial charge is 0.246 e. The van der Waals surface area contributed by atoms with Crippen molar-refractivity contribution in [1.29, 1.82) is 10.5 Å². The second-order valence-corrected chi connectivity index (χ2v) is 19.2. The van der Waals surface area contributed by atoms with Crippen LogP contribution in [0.1, 0.15) is 24.0 Å². The van der Waals surface area contributed by atoms with E-state index in [4.69, 9.17) is 61.1 Å². The lowest BCUT2D eigenvalue weighted by Crippen LogP contribution is -2.43. The molecule has 1 heterocycles. The van der Waals surface area contributed by atoms with E-state index in [1.54, 1.807) is 14.1 Å². The molecule has 0 radical (unpaired) electrons. The molecule has 0 unspecified atom stereocenters. The summed E-state index contributed by atoms with van der Waals surface area (Å²) in [4.78, 5) is 28.4. The van der Waals surface area contributed by atoms with Gasteiger partial charge in [0.2, 0.25) is 31.9 Å². The highest BCUT2D eigenvalue weighted by molar-refractivity contribution is 7.89. The van der Waals surface area contributed by atoms with Gasteiger partial charge in [-0.15, -0.1) is 12.4 Å². The summed E-state index contributed by atoms with van der Waals surface area (Å²) in [6, 6.07) is 21.1. The minimum Gasteiger partial charge on any atom is -0.456 e. The minimum absolute atomic E-state index is 0. The maximum atomic E-state index is 13.8. The summed E-state index contributed by atoms with van der Waals surface area (Å²) in [6.45, 7) is 1.05. The van der Waals surface area contributed by atoms with Gasteiger partial charge in [-0.25, -0.2) is 21.6 Å². The van der Waals surface area contributed by atoms with Crippen molar-refractivity contribution in [2.75, 3.05) is 67.5 Å². The number of hydrogen-bond donors (Lipinski definition) is 1. The zero-order valence-electron chi connectivity index (χ0n) is 33.8. The molecule has 1 fully saturated rings. The average Bonchev–Trinajstić information content (AvgIpc) is 3.49. The predicted octanol–water partition coefficient (Wildman–Crippen LogP) is 7.28. The number of rotatable bonds is 17. The second-order valence-electron chi connectivity index (χ2n) is 13.8. The summed E-state index contributed by atoms with van der Waals surface area (Å²) < 4.78 is 68.1. The van der Waals surface area contributed by atoms with E-state index in [0.29, 0.717) is 33.2 Å². The van der Waals surface area contributed by atoms with Crippen molar-refractivity contribution in [3.8, 4) is 35.1 Å². The van der Waals surface area contributed by atoms with Gasteiger partial charge < -0.3 is 19.3 Å². The molecule has 0 aromatic heterocycles. The van der Waals surface area contributed by atoms with Crippen molar-refractivity contribution in [3.05, 3.63) is 104 Å². The summed E-state index contributed by atoms with van der Waals surface area (Å²) in [5, 5.41) is 19.8. The number of benzene rings is 4. The Morgan fingerprint density at radius 3 is 1.52 bits per heavy atom. The van der Waals surface area contributed by atoms with E-state index in [0.717, 1.165) is 4.90 Å². The van der Waals surface area contributed by atoms with Gasteiger partial charge in [-0.05, 0) is 101 Å². The van der Waals surface area contributed by atoms with Gasteiger partial charge in [-0.1, -0.05) is 46.4 Å². The Hall–Kier alpha value is -4.21. The molecule has 62 heavy (non-hydrogen) atoms. The van der Waals surface area contributed by atoms with Crippen molar-refractivity contribution >= 4 is 90.7 Å². The molecule has 0 aliphatic carbocycles. The SMILES string of the molecule is CN(C)CCN(CCN1C(=O)CCC1=O)S(=O)(=O)c1cc(C#N)ccc1Oc1cc(Cl)cc(Cl)c1.CN(C)CCNS(=O)(=O)c1cc(C#N)ccc1Oc1cc(Cl)cc(Cl)c1.Cl. The van der Waals surface area contributed by atoms with Gasteiger partial charge in [0.05, 0.1) is 23.3 Å². The van der Waals surface area contributed by atoms with Crippen molar-refractivity contribution in [2.24, 2.45) is 0 Å². The number of imide groups is 1. The van der Waals surface area contributed by atoms with E-state index in [9.17, 15) is 31.7 Å². The van der Waals surface area contributed by atoms with Crippen molar-refractivity contribution < 1.29 is 35.9 Å². The fourth-order valence-corrected chi connectivity index (χ4v) is 9.28. The van der Waals surface area contributed by atoms with Gasteiger partial charge >= 0.3 is 0 Å². The predicted molar refractivity (Wildman–Crippen MR) is 240 cm³/mol. The van der Waals surface area contributed by atoms with E-state index in [1.807, 2.05) is 36.0 Å². The molecule has 0 saturated carbocycles. The van der Waals surface area contributed by atoms with Gasteiger partial charge in [0.25, 0.3) is 0 Å². The van der Waals surface area contributed by atoms with E-state index < -0.39 is 20.0 Å².